The van der Waals surface area contributed by atoms with Crippen molar-refractivity contribution in [2.24, 2.45) is 0 Å². The first-order valence-electron chi connectivity index (χ1n) is 6.80. The lowest BCUT2D eigenvalue weighted by Crippen LogP contribution is -2.32. The van der Waals surface area contributed by atoms with Crippen molar-refractivity contribution in [2.45, 2.75) is 38.3 Å². The monoisotopic (exact) mass is 256 g/mol. The van der Waals surface area contributed by atoms with Gasteiger partial charge in [-0.05, 0) is 43.9 Å². The van der Waals surface area contributed by atoms with Crippen LogP contribution in [-0.2, 0) is 0 Å². The number of ether oxygens (including phenoxy) is 1. The second-order valence-electron chi connectivity index (χ2n) is 4.89. The van der Waals surface area contributed by atoms with Crippen LogP contribution in [0.15, 0.2) is 36.4 Å². The van der Waals surface area contributed by atoms with Gasteiger partial charge in [-0.2, -0.15) is 5.26 Å². The molecule has 0 aromatic heterocycles. The number of allylic oxidation sites excluding steroid dienone is 1. The third kappa shape index (κ3) is 4.11. The normalized spacial score (nSPS) is 19.7. The number of nitrogens with zero attached hydrogens (tertiary/aromatic N) is 1. The van der Waals surface area contributed by atoms with E-state index in [1.54, 1.807) is 0 Å². The predicted molar refractivity (Wildman–Crippen MR) is 75.9 cm³/mol. The van der Waals surface area contributed by atoms with Crippen LogP contribution in [0, 0.1) is 11.3 Å². The van der Waals surface area contributed by atoms with Gasteiger partial charge in [0.2, 0.25) is 0 Å². The number of rotatable bonds is 5. The van der Waals surface area contributed by atoms with Crippen LogP contribution >= 0.6 is 0 Å². The molecule has 19 heavy (non-hydrogen) atoms. The van der Waals surface area contributed by atoms with Crippen LogP contribution in [0.1, 0.15) is 37.8 Å². The van der Waals surface area contributed by atoms with Gasteiger partial charge in [0.25, 0.3) is 0 Å². The zero-order chi connectivity index (χ0) is 13.5. The molecule has 0 spiro atoms. The Bertz CT molecular complexity index is 459. The molecular weight excluding hydrogens is 236 g/mol. The van der Waals surface area contributed by atoms with Gasteiger partial charge in [-0.15, -0.1) is 0 Å². The van der Waals surface area contributed by atoms with Gasteiger partial charge in [0, 0.05) is 12.1 Å². The highest BCUT2D eigenvalue weighted by atomic mass is 16.5. The SMILES string of the molecule is CC(NC1CC=CCC1)c1ccc(OCC#N)cc1. The lowest BCUT2D eigenvalue weighted by Gasteiger charge is -2.24. The molecule has 0 fully saturated rings. The minimum atomic E-state index is 0.0988. The molecule has 1 aliphatic carbocycles. The van der Waals surface area contributed by atoms with Crippen LogP contribution in [0.4, 0.5) is 0 Å². The Balaban J connectivity index is 1.89. The first kappa shape index (κ1) is 13.6. The highest BCUT2D eigenvalue weighted by Gasteiger charge is 2.13. The van der Waals surface area contributed by atoms with E-state index in [0.717, 1.165) is 12.2 Å². The van der Waals surface area contributed by atoms with Gasteiger partial charge < -0.3 is 10.1 Å². The van der Waals surface area contributed by atoms with Crippen molar-refractivity contribution in [3.63, 3.8) is 0 Å². The second-order valence-corrected chi connectivity index (χ2v) is 4.89. The fourth-order valence-corrected chi connectivity index (χ4v) is 2.36. The van der Waals surface area contributed by atoms with Gasteiger partial charge in [0.15, 0.2) is 6.61 Å². The summed E-state index contributed by atoms with van der Waals surface area (Å²) < 4.78 is 5.25. The number of hydrogen-bond acceptors (Lipinski definition) is 3. The van der Waals surface area contributed by atoms with E-state index in [2.05, 4.69) is 36.5 Å². The molecule has 0 amide bonds. The molecule has 0 saturated heterocycles. The Hall–Kier alpha value is -1.79. The average Bonchev–Trinajstić information content (AvgIpc) is 2.46. The average molecular weight is 256 g/mol. The van der Waals surface area contributed by atoms with E-state index in [4.69, 9.17) is 10.00 Å². The second kappa shape index (κ2) is 6.96. The Kier molecular flexibility index (Phi) is 5.00. The molecule has 1 aromatic carbocycles. The van der Waals surface area contributed by atoms with Crippen LogP contribution in [0.25, 0.3) is 0 Å². The minimum Gasteiger partial charge on any atom is -0.479 e. The molecule has 0 saturated carbocycles. The number of nitriles is 1. The zero-order valence-electron chi connectivity index (χ0n) is 11.3. The summed E-state index contributed by atoms with van der Waals surface area (Å²) in [7, 11) is 0. The molecule has 2 atom stereocenters. The Morgan fingerprint density at radius 1 is 1.37 bits per heavy atom. The smallest absolute Gasteiger partial charge is 0.174 e. The van der Waals surface area contributed by atoms with E-state index in [9.17, 15) is 0 Å². The summed E-state index contributed by atoms with van der Waals surface area (Å²) in [4.78, 5) is 0. The molecule has 0 radical (unpaired) electrons. The summed E-state index contributed by atoms with van der Waals surface area (Å²) in [6.07, 6.45) is 8.01. The molecule has 2 rings (SSSR count). The third-order valence-electron chi connectivity index (χ3n) is 3.44. The molecular formula is C16H20N2O. The molecule has 1 aliphatic rings. The van der Waals surface area contributed by atoms with Crippen molar-refractivity contribution in [1.29, 1.82) is 5.26 Å². The van der Waals surface area contributed by atoms with Crippen molar-refractivity contribution in [2.75, 3.05) is 6.61 Å². The Morgan fingerprint density at radius 3 is 2.79 bits per heavy atom. The predicted octanol–water partition coefficient (Wildman–Crippen LogP) is 3.35. The quantitative estimate of drug-likeness (QED) is 0.822. The number of hydrogen-bond donors (Lipinski definition) is 1. The van der Waals surface area contributed by atoms with E-state index in [0.29, 0.717) is 12.1 Å². The Morgan fingerprint density at radius 2 is 2.16 bits per heavy atom. The maximum absolute atomic E-state index is 8.46. The lowest BCUT2D eigenvalue weighted by atomic mass is 9.99. The van der Waals surface area contributed by atoms with Crippen LogP contribution < -0.4 is 10.1 Å². The van der Waals surface area contributed by atoms with Gasteiger partial charge in [0.1, 0.15) is 11.8 Å². The summed E-state index contributed by atoms with van der Waals surface area (Å²) in [6, 6.07) is 10.8. The van der Waals surface area contributed by atoms with Gasteiger partial charge >= 0.3 is 0 Å². The molecule has 3 nitrogen and oxygen atoms in total. The minimum absolute atomic E-state index is 0.0988. The molecule has 0 heterocycles. The van der Waals surface area contributed by atoms with Crippen molar-refractivity contribution in [3.8, 4) is 11.8 Å². The highest BCUT2D eigenvalue weighted by molar-refractivity contribution is 5.29. The van der Waals surface area contributed by atoms with E-state index in [-0.39, 0.29) is 6.61 Å². The summed E-state index contributed by atoms with van der Waals surface area (Å²) >= 11 is 0. The van der Waals surface area contributed by atoms with E-state index in [1.807, 2.05) is 18.2 Å². The van der Waals surface area contributed by atoms with Crippen molar-refractivity contribution >= 4 is 0 Å². The molecule has 1 aromatic rings. The molecule has 100 valence electrons. The Labute approximate surface area is 114 Å². The largest absolute Gasteiger partial charge is 0.479 e. The fraction of sp³-hybridized carbons (Fsp3) is 0.438. The summed E-state index contributed by atoms with van der Waals surface area (Å²) in [5.41, 5.74) is 1.25. The fourth-order valence-electron chi connectivity index (χ4n) is 2.36. The molecule has 1 N–H and O–H groups in total. The van der Waals surface area contributed by atoms with E-state index in [1.165, 1.54) is 18.4 Å². The molecule has 0 bridgehead atoms. The third-order valence-corrected chi connectivity index (χ3v) is 3.44. The van der Waals surface area contributed by atoms with Gasteiger partial charge in [-0.3, -0.25) is 0 Å². The molecule has 3 heteroatoms. The zero-order valence-corrected chi connectivity index (χ0v) is 11.3. The van der Waals surface area contributed by atoms with Gasteiger partial charge in [-0.1, -0.05) is 24.3 Å². The number of benzene rings is 1. The van der Waals surface area contributed by atoms with Crippen LogP contribution in [0.5, 0.6) is 5.75 Å². The van der Waals surface area contributed by atoms with Crippen LogP contribution in [0.3, 0.4) is 0 Å². The van der Waals surface area contributed by atoms with Crippen molar-refractivity contribution in [3.05, 3.63) is 42.0 Å². The number of nitrogens with one attached hydrogen (secondary N) is 1. The van der Waals surface area contributed by atoms with Crippen molar-refractivity contribution < 1.29 is 4.74 Å². The molecule has 0 aliphatic heterocycles. The van der Waals surface area contributed by atoms with Gasteiger partial charge in [-0.25, -0.2) is 0 Å². The maximum Gasteiger partial charge on any atom is 0.174 e. The summed E-state index contributed by atoms with van der Waals surface area (Å²) in [5.74, 6) is 0.748. The van der Waals surface area contributed by atoms with Crippen molar-refractivity contribution in [1.82, 2.24) is 5.32 Å². The lowest BCUT2D eigenvalue weighted by molar-refractivity contribution is 0.367. The van der Waals surface area contributed by atoms with Crippen LogP contribution in [0.2, 0.25) is 0 Å². The summed E-state index contributed by atoms with van der Waals surface area (Å²) in [6.45, 7) is 2.28. The molecule has 2 unspecified atom stereocenters. The van der Waals surface area contributed by atoms with Crippen LogP contribution in [-0.4, -0.2) is 12.6 Å². The van der Waals surface area contributed by atoms with E-state index >= 15 is 0 Å². The standard InChI is InChI=1S/C16H20N2O/c1-13(18-15-5-3-2-4-6-15)14-7-9-16(10-8-14)19-12-11-17/h2-3,7-10,13,15,18H,4-6,12H2,1H3. The summed E-state index contributed by atoms with van der Waals surface area (Å²) in [5, 5.41) is 12.1. The van der Waals surface area contributed by atoms with Gasteiger partial charge in [0.05, 0.1) is 0 Å². The first-order valence-corrected chi connectivity index (χ1v) is 6.80. The topological polar surface area (TPSA) is 45.0 Å². The highest BCUT2D eigenvalue weighted by Crippen LogP contribution is 2.20. The maximum atomic E-state index is 8.46. The van der Waals surface area contributed by atoms with E-state index < -0.39 is 0 Å². The first-order chi connectivity index (χ1) is 9.29.